The first-order chi connectivity index (χ1) is 20.7. The van der Waals surface area contributed by atoms with Gasteiger partial charge < -0.3 is 14.2 Å². The van der Waals surface area contributed by atoms with Gasteiger partial charge in [-0.05, 0) is 78.9 Å². The van der Waals surface area contributed by atoms with Crippen LogP contribution in [0.4, 0.5) is 4.39 Å². The molecule has 230 valence electrons. The molecule has 6 nitrogen and oxygen atoms in total. The highest BCUT2D eigenvalue weighted by Gasteiger charge is 2.13. The largest absolute Gasteiger partial charge is 0.494 e. The van der Waals surface area contributed by atoms with E-state index in [0.29, 0.717) is 18.6 Å². The van der Waals surface area contributed by atoms with Crippen molar-refractivity contribution < 1.29 is 33.0 Å². The first-order valence-corrected chi connectivity index (χ1v) is 15.2. The SMILES string of the molecule is CCC(C)CCCCCCOc1ccc(CC(=O)Cc2ccc(C(=O)Oc3ccc(C(=O)OCC(C)F)cc3)cc2)cc1. The first-order valence-electron chi connectivity index (χ1n) is 15.2. The van der Waals surface area contributed by atoms with Crippen molar-refractivity contribution in [1.82, 2.24) is 0 Å². The molecule has 0 aliphatic rings. The van der Waals surface area contributed by atoms with Crippen molar-refractivity contribution in [1.29, 1.82) is 0 Å². The number of halogens is 1. The van der Waals surface area contributed by atoms with E-state index in [-0.39, 0.29) is 30.1 Å². The van der Waals surface area contributed by atoms with Crippen LogP contribution in [0.25, 0.3) is 0 Å². The predicted octanol–water partition coefficient (Wildman–Crippen LogP) is 8.15. The molecule has 0 saturated carbocycles. The van der Waals surface area contributed by atoms with Crippen LogP contribution in [-0.2, 0) is 22.4 Å². The first kappa shape index (κ1) is 33.5. The maximum atomic E-state index is 12.9. The molecule has 0 bridgehead atoms. The molecule has 7 heteroatoms. The molecule has 3 aromatic rings. The minimum absolute atomic E-state index is 0.0703. The molecule has 2 atom stereocenters. The topological polar surface area (TPSA) is 78.9 Å². The molecule has 0 aliphatic heterocycles. The number of unbranched alkanes of at least 4 members (excludes halogenated alkanes) is 3. The molecule has 0 fully saturated rings. The molecular formula is C36H43FO6. The number of rotatable bonds is 18. The van der Waals surface area contributed by atoms with Crippen molar-refractivity contribution in [2.45, 2.75) is 78.3 Å². The summed E-state index contributed by atoms with van der Waals surface area (Å²) in [6, 6.07) is 20.2. The van der Waals surface area contributed by atoms with E-state index >= 15 is 0 Å². The van der Waals surface area contributed by atoms with Gasteiger partial charge in [0.1, 0.15) is 30.1 Å². The summed E-state index contributed by atoms with van der Waals surface area (Å²) in [6.07, 6.45) is 6.65. The van der Waals surface area contributed by atoms with Crippen LogP contribution in [0.5, 0.6) is 11.5 Å². The van der Waals surface area contributed by atoms with Gasteiger partial charge in [0, 0.05) is 12.8 Å². The molecule has 0 radical (unpaired) electrons. The number of Topliss-reactive ketones (excluding diaryl/α,β-unsaturated/α-hetero) is 1. The van der Waals surface area contributed by atoms with Crippen LogP contribution in [0, 0.1) is 5.92 Å². The quantitative estimate of drug-likeness (QED) is 0.0845. The highest BCUT2D eigenvalue weighted by Crippen LogP contribution is 2.18. The van der Waals surface area contributed by atoms with E-state index in [0.717, 1.165) is 29.2 Å². The summed E-state index contributed by atoms with van der Waals surface area (Å²) < 4.78 is 28.9. The van der Waals surface area contributed by atoms with E-state index < -0.39 is 18.1 Å². The summed E-state index contributed by atoms with van der Waals surface area (Å²) in [5.74, 6) is 0.743. The molecule has 43 heavy (non-hydrogen) atoms. The summed E-state index contributed by atoms with van der Waals surface area (Å²) >= 11 is 0. The van der Waals surface area contributed by atoms with E-state index in [1.165, 1.54) is 63.3 Å². The maximum Gasteiger partial charge on any atom is 0.343 e. The van der Waals surface area contributed by atoms with Gasteiger partial charge in [-0.1, -0.05) is 70.2 Å². The van der Waals surface area contributed by atoms with Crippen molar-refractivity contribution in [2.24, 2.45) is 5.92 Å². The van der Waals surface area contributed by atoms with Crippen molar-refractivity contribution in [3.05, 3.63) is 95.1 Å². The van der Waals surface area contributed by atoms with Gasteiger partial charge in [-0.3, -0.25) is 4.79 Å². The number of alkyl halides is 1. The van der Waals surface area contributed by atoms with Gasteiger partial charge in [0.15, 0.2) is 0 Å². The number of benzene rings is 3. The molecule has 0 aromatic heterocycles. The number of ether oxygens (including phenoxy) is 3. The zero-order valence-electron chi connectivity index (χ0n) is 25.5. The fraction of sp³-hybridized carbons (Fsp3) is 0.417. The smallest absolute Gasteiger partial charge is 0.343 e. The minimum Gasteiger partial charge on any atom is -0.494 e. The average Bonchev–Trinajstić information content (AvgIpc) is 3.00. The number of hydrogen-bond donors (Lipinski definition) is 0. The summed E-state index contributed by atoms with van der Waals surface area (Å²) in [6.45, 7) is 6.24. The van der Waals surface area contributed by atoms with E-state index in [1.807, 2.05) is 24.3 Å². The van der Waals surface area contributed by atoms with Crippen molar-refractivity contribution in [2.75, 3.05) is 13.2 Å². The standard InChI is InChI=1S/C36H43FO6/c1-4-26(2)9-7-5-6-8-22-41-33-18-12-29(13-19-33)24-32(38)23-28-10-14-31(15-11-28)36(40)43-34-20-16-30(17-21-34)35(39)42-25-27(3)37/h10-21,26-27H,4-9,22-25H2,1-3H3. The summed E-state index contributed by atoms with van der Waals surface area (Å²) in [7, 11) is 0. The van der Waals surface area contributed by atoms with Crippen molar-refractivity contribution in [3.63, 3.8) is 0 Å². The Balaban J connectivity index is 1.38. The molecule has 3 rings (SSSR count). The van der Waals surface area contributed by atoms with Crippen LogP contribution in [0.15, 0.2) is 72.8 Å². The molecule has 0 N–H and O–H groups in total. The molecule has 3 aromatic carbocycles. The van der Waals surface area contributed by atoms with Gasteiger partial charge in [-0.15, -0.1) is 0 Å². The van der Waals surface area contributed by atoms with E-state index in [2.05, 4.69) is 13.8 Å². The third-order valence-electron chi connectivity index (χ3n) is 7.22. The normalized spacial score (nSPS) is 12.3. The monoisotopic (exact) mass is 590 g/mol. The lowest BCUT2D eigenvalue weighted by molar-refractivity contribution is -0.117. The van der Waals surface area contributed by atoms with Gasteiger partial charge >= 0.3 is 11.9 Å². The van der Waals surface area contributed by atoms with Crippen LogP contribution in [0.2, 0.25) is 0 Å². The zero-order valence-corrected chi connectivity index (χ0v) is 25.5. The molecule has 0 aliphatic carbocycles. The Kier molecular flexibility index (Phi) is 13.9. The van der Waals surface area contributed by atoms with E-state index in [4.69, 9.17) is 14.2 Å². The Bertz CT molecular complexity index is 1280. The van der Waals surface area contributed by atoms with Crippen molar-refractivity contribution in [3.8, 4) is 11.5 Å². The van der Waals surface area contributed by atoms with Crippen molar-refractivity contribution >= 4 is 17.7 Å². The number of carbonyl (C=O) groups is 3. The maximum absolute atomic E-state index is 12.9. The van der Waals surface area contributed by atoms with Crippen LogP contribution in [0.3, 0.4) is 0 Å². The Morgan fingerprint density at radius 2 is 1.23 bits per heavy atom. The van der Waals surface area contributed by atoms with Crippen LogP contribution in [0.1, 0.15) is 91.1 Å². The highest BCUT2D eigenvalue weighted by atomic mass is 19.1. The third kappa shape index (κ3) is 12.4. The third-order valence-corrected chi connectivity index (χ3v) is 7.22. The number of esters is 2. The van der Waals surface area contributed by atoms with Crippen LogP contribution in [-0.4, -0.2) is 37.1 Å². The lowest BCUT2D eigenvalue weighted by Crippen LogP contribution is -2.12. The second-order valence-electron chi connectivity index (χ2n) is 11.1. The van der Waals surface area contributed by atoms with Gasteiger partial charge in [-0.25, -0.2) is 14.0 Å². The molecule has 2 unspecified atom stereocenters. The number of ketones is 1. The Hall–Kier alpha value is -4.00. The predicted molar refractivity (Wildman–Crippen MR) is 166 cm³/mol. The summed E-state index contributed by atoms with van der Waals surface area (Å²) in [4.78, 5) is 37.1. The van der Waals surface area contributed by atoms with Crippen LogP contribution >= 0.6 is 0 Å². The zero-order chi connectivity index (χ0) is 31.0. The minimum atomic E-state index is -1.25. The molecule has 0 saturated heterocycles. The Morgan fingerprint density at radius 3 is 1.84 bits per heavy atom. The van der Waals surface area contributed by atoms with Gasteiger partial charge in [0.2, 0.25) is 0 Å². The van der Waals surface area contributed by atoms with E-state index in [1.54, 1.807) is 24.3 Å². The molecular weight excluding hydrogens is 547 g/mol. The van der Waals surface area contributed by atoms with Crippen LogP contribution < -0.4 is 9.47 Å². The molecule has 0 heterocycles. The lowest BCUT2D eigenvalue weighted by Gasteiger charge is -2.09. The molecule has 0 spiro atoms. The second-order valence-corrected chi connectivity index (χ2v) is 11.1. The van der Waals surface area contributed by atoms with Gasteiger partial charge in [0.05, 0.1) is 17.7 Å². The van der Waals surface area contributed by atoms with Gasteiger partial charge in [0.25, 0.3) is 0 Å². The van der Waals surface area contributed by atoms with E-state index in [9.17, 15) is 18.8 Å². The summed E-state index contributed by atoms with van der Waals surface area (Å²) in [5.41, 5.74) is 2.29. The molecule has 0 amide bonds. The lowest BCUT2D eigenvalue weighted by atomic mass is 10.0. The highest BCUT2D eigenvalue weighted by molar-refractivity contribution is 5.92. The fourth-order valence-electron chi connectivity index (χ4n) is 4.42. The average molecular weight is 591 g/mol. The fourth-order valence-corrected chi connectivity index (χ4v) is 4.42. The number of carbonyl (C=O) groups excluding carboxylic acids is 3. The Labute approximate surface area is 254 Å². The Morgan fingerprint density at radius 1 is 0.698 bits per heavy atom. The second kappa shape index (κ2) is 17.8. The number of hydrogen-bond acceptors (Lipinski definition) is 6. The van der Waals surface area contributed by atoms with Gasteiger partial charge in [-0.2, -0.15) is 0 Å². The summed E-state index contributed by atoms with van der Waals surface area (Å²) in [5, 5.41) is 0.